The molecule has 0 unspecified atom stereocenters. The topological polar surface area (TPSA) is 72.7 Å². The Morgan fingerprint density at radius 2 is 1.70 bits per heavy atom. The molecule has 0 bridgehead atoms. The van der Waals surface area contributed by atoms with Crippen LogP contribution in [-0.4, -0.2) is 25.7 Å². The molecule has 1 N–H and O–H groups in total. The summed E-state index contributed by atoms with van der Waals surface area (Å²) in [5, 5.41) is 7.42. The number of aromatic nitrogens is 4. The fraction of sp³-hybridized carbons (Fsp3) is 0.333. The van der Waals surface area contributed by atoms with Gasteiger partial charge in [-0.2, -0.15) is 5.10 Å². The van der Waals surface area contributed by atoms with E-state index in [2.05, 4.69) is 41.2 Å². The summed E-state index contributed by atoms with van der Waals surface area (Å²) in [6.45, 7) is 10.5. The van der Waals surface area contributed by atoms with Gasteiger partial charge in [0.1, 0.15) is 5.82 Å². The second-order valence-corrected chi connectivity index (χ2v) is 7.69. The molecule has 0 aliphatic heterocycles. The Labute approximate surface area is 159 Å². The summed E-state index contributed by atoms with van der Waals surface area (Å²) < 4.78 is 1.86. The Morgan fingerprint density at radius 3 is 2.30 bits per heavy atom. The van der Waals surface area contributed by atoms with Gasteiger partial charge >= 0.3 is 0 Å². The highest BCUT2D eigenvalue weighted by atomic mass is 16.1. The Hall–Kier alpha value is -3.02. The zero-order chi connectivity index (χ0) is 19.6. The van der Waals surface area contributed by atoms with Crippen molar-refractivity contribution >= 4 is 11.6 Å². The molecule has 3 aromatic rings. The summed E-state index contributed by atoms with van der Waals surface area (Å²) in [6, 6.07) is 10.1. The van der Waals surface area contributed by atoms with E-state index >= 15 is 0 Å². The third kappa shape index (κ3) is 4.22. The average Bonchev–Trinajstić information content (AvgIpc) is 2.89. The summed E-state index contributed by atoms with van der Waals surface area (Å²) in [7, 11) is 0. The number of rotatable bonds is 4. The highest BCUT2D eigenvalue weighted by molar-refractivity contribution is 6.05. The molecule has 0 saturated carbocycles. The Balaban J connectivity index is 1.79. The Kier molecular flexibility index (Phi) is 5.08. The van der Waals surface area contributed by atoms with Gasteiger partial charge in [-0.15, -0.1) is 0 Å². The van der Waals surface area contributed by atoms with Gasteiger partial charge < -0.3 is 5.32 Å². The van der Waals surface area contributed by atoms with Crippen molar-refractivity contribution in [2.45, 2.75) is 46.6 Å². The quantitative estimate of drug-likeness (QED) is 0.763. The lowest BCUT2D eigenvalue weighted by atomic mass is 9.96. The summed E-state index contributed by atoms with van der Waals surface area (Å²) in [5.74, 6) is 0.542. The van der Waals surface area contributed by atoms with Gasteiger partial charge in [0.15, 0.2) is 0 Å². The van der Waals surface area contributed by atoms with E-state index in [1.807, 2.05) is 48.9 Å². The van der Waals surface area contributed by atoms with Crippen LogP contribution in [0.2, 0.25) is 0 Å². The lowest BCUT2D eigenvalue weighted by Gasteiger charge is -2.16. The second kappa shape index (κ2) is 7.31. The minimum absolute atomic E-state index is 0.131. The Morgan fingerprint density at radius 1 is 1.07 bits per heavy atom. The predicted molar refractivity (Wildman–Crippen MR) is 106 cm³/mol. The number of hydrogen-bond acceptors (Lipinski definition) is 4. The van der Waals surface area contributed by atoms with Gasteiger partial charge in [-0.25, -0.2) is 9.97 Å². The van der Waals surface area contributed by atoms with Crippen molar-refractivity contribution in [2.75, 3.05) is 5.32 Å². The van der Waals surface area contributed by atoms with Gasteiger partial charge in [0.2, 0.25) is 0 Å². The molecule has 1 aromatic carbocycles. The first-order valence-corrected chi connectivity index (χ1v) is 8.97. The molecule has 1 amide bonds. The van der Waals surface area contributed by atoms with Crippen LogP contribution in [0.4, 0.5) is 5.69 Å². The first kappa shape index (κ1) is 18.8. The van der Waals surface area contributed by atoms with Crippen LogP contribution in [0.3, 0.4) is 0 Å². The molecule has 2 aromatic heterocycles. The van der Waals surface area contributed by atoms with E-state index < -0.39 is 0 Å². The van der Waals surface area contributed by atoms with Crippen LogP contribution in [-0.2, 0) is 12.0 Å². The van der Waals surface area contributed by atoms with Crippen LogP contribution < -0.4 is 5.32 Å². The maximum Gasteiger partial charge on any atom is 0.259 e. The Bertz CT molecular complexity index is 937. The number of anilines is 1. The standard InChI is InChI=1S/C21H25N5O/c1-14-18(15(2)26(25-14)13-16-9-7-6-8-10-16)19(27)24-17-11-22-20(23-12-17)21(3,4)5/h6-12H,13H2,1-5H3,(H,24,27). The molecule has 27 heavy (non-hydrogen) atoms. The summed E-state index contributed by atoms with van der Waals surface area (Å²) in [5.41, 5.74) is 3.71. The molecule has 0 spiro atoms. The third-order valence-electron chi connectivity index (χ3n) is 4.36. The largest absolute Gasteiger partial charge is 0.319 e. The molecule has 6 heteroatoms. The number of benzene rings is 1. The van der Waals surface area contributed by atoms with Crippen LogP contribution in [0.1, 0.15) is 53.9 Å². The molecule has 2 heterocycles. The number of nitrogens with one attached hydrogen (secondary N) is 1. The van der Waals surface area contributed by atoms with E-state index in [1.165, 1.54) is 0 Å². The SMILES string of the molecule is Cc1nn(Cc2ccccc2)c(C)c1C(=O)Nc1cnc(C(C)(C)C)nc1. The van der Waals surface area contributed by atoms with Crippen LogP contribution in [0.5, 0.6) is 0 Å². The van der Waals surface area contributed by atoms with Gasteiger partial charge in [0, 0.05) is 11.1 Å². The van der Waals surface area contributed by atoms with E-state index in [0.717, 1.165) is 17.1 Å². The number of hydrogen-bond donors (Lipinski definition) is 1. The van der Waals surface area contributed by atoms with E-state index in [9.17, 15) is 4.79 Å². The average molecular weight is 363 g/mol. The van der Waals surface area contributed by atoms with Gasteiger partial charge in [-0.05, 0) is 19.4 Å². The van der Waals surface area contributed by atoms with Crippen molar-refractivity contribution in [3.05, 3.63) is 71.1 Å². The van der Waals surface area contributed by atoms with E-state index in [1.54, 1.807) is 12.4 Å². The molecule has 6 nitrogen and oxygen atoms in total. The lowest BCUT2D eigenvalue weighted by Crippen LogP contribution is -2.18. The minimum Gasteiger partial charge on any atom is -0.319 e. The smallest absolute Gasteiger partial charge is 0.259 e. The maximum absolute atomic E-state index is 12.8. The van der Waals surface area contributed by atoms with Crippen molar-refractivity contribution in [3.63, 3.8) is 0 Å². The van der Waals surface area contributed by atoms with Crippen molar-refractivity contribution in [1.82, 2.24) is 19.7 Å². The van der Waals surface area contributed by atoms with Crippen molar-refractivity contribution in [3.8, 4) is 0 Å². The van der Waals surface area contributed by atoms with Gasteiger partial charge in [0.25, 0.3) is 5.91 Å². The fourth-order valence-electron chi connectivity index (χ4n) is 2.91. The summed E-state index contributed by atoms with van der Waals surface area (Å²) in [6.07, 6.45) is 3.29. The number of carbonyl (C=O) groups excluding carboxylic acids is 1. The normalized spacial score (nSPS) is 11.4. The van der Waals surface area contributed by atoms with Crippen molar-refractivity contribution in [2.24, 2.45) is 0 Å². The molecular formula is C21H25N5O. The molecule has 0 atom stereocenters. The lowest BCUT2D eigenvalue weighted by molar-refractivity contribution is 0.102. The highest BCUT2D eigenvalue weighted by Gasteiger charge is 2.20. The molecule has 3 rings (SSSR count). The molecule has 140 valence electrons. The molecule has 0 saturated heterocycles. The van der Waals surface area contributed by atoms with E-state index in [0.29, 0.717) is 23.5 Å². The third-order valence-corrected chi connectivity index (χ3v) is 4.36. The van der Waals surface area contributed by atoms with Gasteiger partial charge in [-0.3, -0.25) is 9.48 Å². The summed E-state index contributed by atoms with van der Waals surface area (Å²) in [4.78, 5) is 21.5. The maximum atomic E-state index is 12.8. The van der Waals surface area contributed by atoms with Crippen LogP contribution >= 0.6 is 0 Å². The fourth-order valence-corrected chi connectivity index (χ4v) is 2.91. The number of nitrogens with zero attached hydrogens (tertiary/aromatic N) is 4. The molecular weight excluding hydrogens is 338 g/mol. The highest BCUT2D eigenvalue weighted by Crippen LogP contribution is 2.20. The number of amides is 1. The zero-order valence-corrected chi connectivity index (χ0v) is 16.4. The van der Waals surface area contributed by atoms with E-state index in [4.69, 9.17) is 0 Å². The first-order chi connectivity index (χ1) is 12.8. The van der Waals surface area contributed by atoms with Crippen LogP contribution in [0.15, 0.2) is 42.7 Å². The van der Waals surface area contributed by atoms with Crippen LogP contribution in [0, 0.1) is 13.8 Å². The zero-order valence-electron chi connectivity index (χ0n) is 16.4. The number of carbonyl (C=O) groups is 1. The van der Waals surface area contributed by atoms with Crippen molar-refractivity contribution < 1.29 is 4.79 Å². The molecule has 0 aliphatic carbocycles. The summed E-state index contributed by atoms with van der Waals surface area (Å²) >= 11 is 0. The molecule has 0 fully saturated rings. The predicted octanol–water partition coefficient (Wildman–Crippen LogP) is 3.89. The number of aryl methyl sites for hydroxylation is 1. The van der Waals surface area contributed by atoms with E-state index in [-0.39, 0.29) is 11.3 Å². The van der Waals surface area contributed by atoms with Gasteiger partial charge in [0.05, 0.1) is 35.9 Å². The first-order valence-electron chi connectivity index (χ1n) is 8.97. The molecule has 0 aliphatic rings. The second-order valence-electron chi connectivity index (χ2n) is 7.69. The monoisotopic (exact) mass is 363 g/mol. The van der Waals surface area contributed by atoms with Crippen LogP contribution in [0.25, 0.3) is 0 Å². The minimum atomic E-state index is -0.198. The van der Waals surface area contributed by atoms with Crippen molar-refractivity contribution in [1.29, 1.82) is 0 Å². The molecule has 0 radical (unpaired) electrons. The van der Waals surface area contributed by atoms with Gasteiger partial charge in [-0.1, -0.05) is 51.1 Å².